The Morgan fingerprint density at radius 2 is 1.77 bits per heavy atom. The number of aliphatic hydroxyl groups is 1. The quantitative estimate of drug-likeness (QED) is 0.658. The first-order chi connectivity index (χ1) is 14.4. The van der Waals surface area contributed by atoms with Crippen LogP contribution >= 0.6 is 0 Å². The Balaban J connectivity index is 1.76. The van der Waals surface area contributed by atoms with Crippen molar-refractivity contribution < 1.29 is 33.0 Å². The monoisotopic (exact) mass is 442 g/mol. The van der Waals surface area contributed by atoms with Gasteiger partial charge in [0.25, 0.3) is 0 Å². The Hall–Kier alpha value is -2.29. The van der Waals surface area contributed by atoms with Crippen LogP contribution in [0.5, 0.6) is 0 Å². The molecule has 2 amide bonds. The molecule has 1 heterocycles. The highest BCUT2D eigenvalue weighted by Crippen LogP contribution is 2.47. The van der Waals surface area contributed by atoms with Crippen molar-refractivity contribution in [1.82, 2.24) is 10.2 Å². The van der Waals surface area contributed by atoms with Gasteiger partial charge in [-0.2, -0.15) is 13.2 Å². The molecule has 0 aromatic heterocycles. The van der Waals surface area contributed by atoms with Crippen LogP contribution in [-0.2, 0) is 16.6 Å². The Kier molecular flexibility index (Phi) is 6.28. The van der Waals surface area contributed by atoms with Crippen molar-refractivity contribution in [1.29, 1.82) is 0 Å². The average molecular weight is 442 g/mol. The van der Waals surface area contributed by atoms with Crippen LogP contribution in [0.25, 0.3) is 0 Å². The zero-order valence-electron chi connectivity index (χ0n) is 17.7. The van der Waals surface area contributed by atoms with Gasteiger partial charge in [0.05, 0.1) is 16.6 Å². The van der Waals surface area contributed by atoms with Crippen molar-refractivity contribution >= 4 is 12.0 Å². The molecule has 1 aromatic carbocycles. The molecule has 0 spiro atoms. The van der Waals surface area contributed by atoms with Crippen molar-refractivity contribution in [2.75, 3.05) is 13.1 Å². The van der Waals surface area contributed by atoms with Crippen LogP contribution in [-0.4, -0.2) is 46.2 Å². The maximum Gasteiger partial charge on any atom is 0.416 e. The summed E-state index contributed by atoms with van der Waals surface area (Å²) in [4.78, 5) is 26.1. The molecule has 0 bridgehead atoms. The molecule has 3 N–H and O–H groups in total. The predicted octanol–water partition coefficient (Wildman–Crippen LogP) is 3.98. The highest BCUT2D eigenvalue weighted by molar-refractivity contribution is 5.84. The number of likely N-dealkylation sites (tertiary alicyclic amines) is 1. The molecule has 2 aliphatic rings. The number of carbonyl (C=O) groups is 2. The Bertz CT molecular complexity index is 834. The number of carbonyl (C=O) groups excluding carboxylic acids is 1. The lowest BCUT2D eigenvalue weighted by Gasteiger charge is -2.44. The molecule has 31 heavy (non-hydrogen) atoms. The second-order valence-electron chi connectivity index (χ2n) is 9.07. The lowest BCUT2D eigenvalue weighted by Crippen LogP contribution is -2.52. The summed E-state index contributed by atoms with van der Waals surface area (Å²) in [5, 5.41) is 22.5. The van der Waals surface area contributed by atoms with E-state index in [9.17, 15) is 27.9 Å². The van der Waals surface area contributed by atoms with Crippen LogP contribution in [0, 0.1) is 11.3 Å². The Morgan fingerprint density at radius 1 is 1.16 bits per heavy atom. The smallest absolute Gasteiger partial charge is 0.416 e. The average Bonchev–Trinajstić information content (AvgIpc) is 3.12. The minimum Gasteiger partial charge on any atom is -0.465 e. The SMILES string of the molecule is CC(C)C1(C(=O)N2CCC(O)(c3ccccc3C(F)(F)F)CC2)CCC(NC(=O)O)C1. The summed E-state index contributed by atoms with van der Waals surface area (Å²) < 4.78 is 40.3. The Morgan fingerprint density at radius 3 is 2.32 bits per heavy atom. The van der Waals surface area contributed by atoms with E-state index >= 15 is 0 Å². The second kappa shape index (κ2) is 8.33. The number of carboxylic acid groups (broad SMARTS) is 1. The van der Waals surface area contributed by atoms with Crippen LogP contribution in [0.4, 0.5) is 18.0 Å². The number of nitrogens with one attached hydrogen (secondary N) is 1. The number of hydrogen-bond donors (Lipinski definition) is 3. The van der Waals surface area contributed by atoms with Gasteiger partial charge in [0.1, 0.15) is 0 Å². The minimum atomic E-state index is -4.57. The summed E-state index contributed by atoms with van der Waals surface area (Å²) in [6, 6.07) is 4.73. The first-order valence-corrected chi connectivity index (χ1v) is 10.6. The molecule has 6 nitrogen and oxygen atoms in total. The third-order valence-corrected chi connectivity index (χ3v) is 7.02. The zero-order valence-corrected chi connectivity index (χ0v) is 17.7. The van der Waals surface area contributed by atoms with Crippen molar-refractivity contribution in [3.05, 3.63) is 35.4 Å². The largest absolute Gasteiger partial charge is 0.465 e. The summed E-state index contributed by atoms with van der Waals surface area (Å²) in [5.74, 6) is -0.129. The normalized spacial score (nSPS) is 26.2. The highest BCUT2D eigenvalue weighted by atomic mass is 19.4. The van der Waals surface area contributed by atoms with Crippen molar-refractivity contribution in [2.45, 2.75) is 63.8 Å². The highest BCUT2D eigenvalue weighted by Gasteiger charge is 2.51. The first kappa shape index (κ1) is 23.4. The van der Waals surface area contributed by atoms with Crippen molar-refractivity contribution in [3.63, 3.8) is 0 Å². The standard InChI is InChI=1S/C22H29F3N2O4/c1-14(2)20(8-7-15(13-20)26-19(29)30)18(28)27-11-9-21(31,10-12-27)16-5-3-4-6-17(16)22(23,24)25/h3-6,14-15,26,31H,7-13H2,1-2H3,(H,29,30). The molecule has 1 aliphatic heterocycles. The Labute approximate surface area is 179 Å². The summed E-state index contributed by atoms with van der Waals surface area (Å²) in [6.07, 6.45) is -4.17. The van der Waals surface area contributed by atoms with E-state index in [2.05, 4.69) is 5.32 Å². The van der Waals surface area contributed by atoms with Gasteiger partial charge in [-0.05, 0) is 49.7 Å². The predicted molar refractivity (Wildman–Crippen MR) is 107 cm³/mol. The maximum absolute atomic E-state index is 13.5. The van der Waals surface area contributed by atoms with Crippen molar-refractivity contribution in [2.24, 2.45) is 11.3 Å². The fraction of sp³-hybridized carbons (Fsp3) is 0.636. The van der Waals surface area contributed by atoms with E-state index in [1.165, 1.54) is 18.2 Å². The number of benzene rings is 1. The molecule has 0 radical (unpaired) electrons. The zero-order chi connectivity index (χ0) is 23.0. The molecule has 2 fully saturated rings. The van der Waals surface area contributed by atoms with Gasteiger partial charge in [-0.1, -0.05) is 32.0 Å². The van der Waals surface area contributed by atoms with E-state index in [1.807, 2.05) is 13.8 Å². The summed E-state index contributed by atoms with van der Waals surface area (Å²) in [5.41, 5.74) is -3.38. The van der Waals surface area contributed by atoms with Crippen LogP contribution in [0.1, 0.15) is 57.1 Å². The lowest BCUT2D eigenvalue weighted by atomic mass is 9.73. The molecule has 3 rings (SSSR count). The minimum absolute atomic E-state index is 0.0107. The number of piperidine rings is 1. The van der Waals surface area contributed by atoms with Gasteiger partial charge in [-0.3, -0.25) is 4.79 Å². The van der Waals surface area contributed by atoms with E-state index in [0.717, 1.165) is 6.07 Å². The van der Waals surface area contributed by atoms with E-state index in [4.69, 9.17) is 5.11 Å². The van der Waals surface area contributed by atoms with Gasteiger partial charge in [-0.15, -0.1) is 0 Å². The molecule has 1 aromatic rings. The first-order valence-electron chi connectivity index (χ1n) is 10.6. The number of alkyl halides is 3. The van der Waals surface area contributed by atoms with Crippen LogP contribution in [0.15, 0.2) is 24.3 Å². The fourth-order valence-corrected chi connectivity index (χ4v) is 5.14. The molecule has 2 unspecified atom stereocenters. The molecule has 1 aliphatic carbocycles. The molecular formula is C22H29F3N2O4. The van der Waals surface area contributed by atoms with Crippen molar-refractivity contribution in [3.8, 4) is 0 Å². The van der Waals surface area contributed by atoms with E-state index in [0.29, 0.717) is 19.3 Å². The number of hydrogen-bond acceptors (Lipinski definition) is 3. The van der Waals surface area contributed by atoms with Gasteiger partial charge in [-0.25, -0.2) is 4.79 Å². The topological polar surface area (TPSA) is 89.9 Å². The second-order valence-corrected chi connectivity index (χ2v) is 9.07. The van der Waals surface area contributed by atoms with Gasteiger partial charge >= 0.3 is 12.3 Å². The number of nitrogens with zero attached hydrogens (tertiary/aromatic N) is 1. The number of amides is 2. The maximum atomic E-state index is 13.5. The fourth-order valence-electron chi connectivity index (χ4n) is 5.14. The molecule has 9 heteroatoms. The summed E-state index contributed by atoms with van der Waals surface area (Å²) in [6.45, 7) is 4.15. The summed E-state index contributed by atoms with van der Waals surface area (Å²) >= 11 is 0. The third-order valence-electron chi connectivity index (χ3n) is 7.02. The van der Waals surface area contributed by atoms with Crippen LogP contribution in [0.3, 0.4) is 0 Å². The van der Waals surface area contributed by atoms with Gasteiger partial charge in [0.2, 0.25) is 5.91 Å². The molecular weight excluding hydrogens is 413 g/mol. The van der Waals surface area contributed by atoms with E-state index in [-0.39, 0.29) is 49.4 Å². The molecule has 2 atom stereocenters. The van der Waals surface area contributed by atoms with Gasteiger partial charge in [0.15, 0.2) is 0 Å². The van der Waals surface area contributed by atoms with Crippen LogP contribution < -0.4 is 5.32 Å². The lowest BCUT2D eigenvalue weighted by molar-refractivity contribution is -0.151. The number of halogens is 3. The summed E-state index contributed by atoms with van der Waals surface area (Å²) in [7, 11) is 0. The van der Waals surface area contributed by atoms with E-state index < -0.39 is 28.8 Å². The van der Waals surface area contributed by atoms with Crippen LogP contribution in [0.2, 0.25) is 0 Å². The molecule has 172 valence electrons. The van der Waals surface area contributed by atoms with E-state index in [1.54, 1.807) is 4.90 Å². The third kappa shape index (κ3) is 4.51. The van der Waals surface area contributed by atoms with Gasteiger partial charge in [0, 0.05) is 19.1 Å². The molecule has 1 saturated heterocycles. The number of rotatable bonds is 4. The van der Waals surface area contributed by atoms with Gasteiger partial charge < -0.3 is 20.4 Å². The molecule has 1 saturated carbocycles.